The highest BCUT2D eigenvalue weighted by molar-refractivity contribution is 5.96. The van der Waals surface area contributed by atoms with Crippen molar-refractivity contribution in [3.05, 3.63) is 24.3 Å². The summed E-state index contributed by atoms with van der Waals surface area (Å²) in [6.07, 6.45) is 5.62. The quantitative estimate of drug-likeness (QED) is 0.142. The van der Waals surface area contributed by atoms with E-state index in [1.165, 1.54) is 18.6 Å². The number of alkyl carbamates (subject to hydrolysis) is 1. The maximum absolute atomic E-state index is 13.6. The van der Waals surface area contributed by atoms with E-state index in [0.29, 0.717) is 19.4 Å². The second-order valence-corrected chi connectivity index (χ2v) is 10.5. The summed E-state index contributed by atoms with van der Waals surface area (Å²) in [5.41, 5.74) is 7.48. The first-order chi connectivity index (χ1) is 17.9. The Bertz CT molecular complexity index is 1020. The highest BCUT2D eigenvalue weighted by Crippen LogP contribution is 2.26. The van der Waals surface area contributed by atoms with E-state index in [9.17, 15) is 19.2 Å². The molecule has 14 heteroatoms. The minimum atomic E-state index is -1.36. The van der Waals surface area contributed by atoms with Crippen LogP contribution in [0, 0.1) is 11.3 Å². The van der Waals surface area contributed by atoms with Crippen molar-refractivity contribution in [2.75, 3.05) is 13.1 Å². The van der Waals surface area contributed by atoms with Crippen LogP contribution in [0.3, 0.4) is 0 Å². The number of hydrogen-bond donors (Lipinski definition) is 6. The van der Waals surface area contributed by atoms with Crippen molar-refractivity contribution in [2.45, 2.75) is 76.6 Å². The van der Waals surface area contributed by atoms with Gasteiger partial charge in [0.05, 0.1) is 24.7 Å². The molecular formula is C24H37N9O5. The second kappa shape index (κ2) is 12.6. The molecule has 3 rings (SSSR count). The van der Waals surface area contributed by atoms with Crippen molar-refractivity contribution >= 4 is 29.7 Å². The van der Waals surface area contributed by atoms with Gasteiger partial charge in [0.25, 0.3) is 11.8 Å². The van der Waals surface area contributed by atoms with Crippen LogP contribution in [0.5, 0.6) is 0 Å². The summed E-state index contributed by atoms with van der Waals surface area (Å²) in [6.45, 7) is 6.45. The Balaban J connectivity index is 1.76. The van der Waals surface area contributed by atoms with E-state index < -0.39 is 47.9 Å². The molecule has 2 heterocycles. The Kier molecular flexibility index (Phi) is 9.55. The monoisotopic (exact) mass is 531 g/mol. The van der Waals surface area contributed by atoms with Gasteiger partial charge in [0, 0.05) is 18.9 Å². The molecule has 38 heavy (non-hydrogen) atoms. The lowest BCUT2D eigenvalue weighted by Gasteiger charge is -2.32. The van der Waals surface area contributed by atoms with Crippen LogP contribution in [0.15, 0.2) is 18.6 Å². The van der Waals surface area contributed by atoms with Crippen molar-refractivity contribution in [1.29, 1.82) is 5.41 Å². The van der Waals surface area contributed by atoms with E-state index >= 15 is 0 Å². The molecule has 2 aliphatic rings. The number of hydrazine groups is 1. The van der Waals surface area contributed by atoms with Crippen LogP contribution in [0.1, 0.15) is 63.4 Å². The first-order valence-electron chi connectivity index (χ1n) is 12.7. The van der Waals surface area contributed by atoms with Gasteiger partial charge in [-0.3, -0.25) is 30.2 Å². The van der Waals surface area contributed by atoms with Crippen LogP contribution in [-0.2, 0) is 14.3 Å². The molecule has 1 aromatic heterocycles. The van der Waals surface area contributed by atoms with E-state index in [2.05, 4.69) is 31.3 Å². The van der Waals surface area contributed by atoms with Gasteiger partial charge in [-0.05, 0) is 58.9 Å². The molecule has 0 aromatic carbocycles. The molecule has 0 bridgehead atoms. The number of ether oxygens (including phenoxy) is 1. The molecule has 0 radical (unpaired) electrons. The summed E-state index contributed by atoms with van der Waals surface area (Å²) in [5, 5.41) is 17.5. The Labute approximate surface area is 221 Å². The van der Waals surface area contributed by atoms with Crippen LogP contribution in [0.4, 0.5) is 4.79 Å². The summed E-state index contributed by atoms with van der Waals surface area (Å²) < 4.78 is 5.30. The molecule has 1 aromatic rings. The van der Waals surface area contributed by atoms with Crippen LogP contribution >= 0.6 is 0 Å². The molecular weight excluding hydrogens is 494 g/mol. The fourth-order valence-corrected chi connectivity index (χ4v) is 4.09. The predicted molar refractivity (Wildman–Crippen MR) is 137 cm³/mol. The van der Waals surface area contributed by atoms with E-state index in [0.717, 1.165) is 24.4 Å². The third-order valence-corrected chi connectivity index (χ3v) is 6.00. The van der Waals surface area contributed by atoms with Crippen LogP contribution < -0.4 is 27.1 Å². The normalized spacial score (nSPS) is 18.9. The van der Waals surface area contributed by atoms with E-state index in [4.69, 9.17) is 15.9 Å². The molecule has 1 aliphatic heterocycles. The number of aromatic nitrogens is 2. The average Bonchev–Trinajstić information content (AvgIpc) is 3.70. The van der Waals surface area contributed by atoms with Gasteiger partial charge in [-0.15, -0.1) is 0 Å². The third-order valence-electron chi connectivity index (χ3n) is 6.00. The number of carbonyl (C=O) groups is 4. The molecule has 0 spiro atoms. The number of piperidine rings is 1. The zero-order valence-electron chi connectivity index (χ0n) is 22.0. The number of rotatable bonds is 9. The van der Waals surface area contributed by atoms with Crippen molar-refractivity contribution in [3.63, 3.8) is 0 Å². The van der Waals surface area contributed by atoms with Crippen LogP contribution in [0.25, 0.3) is 0 Å². The Hall–Kier alpha value is -3.81. The summed E-state index contributed by atoms with van der Waals surface area (Å²) in [7, 11) is 0. The molecule has 208 valence electrons. The van der Waals surface area contributed by atoms with Gasteiger partial charge in [0.2, 0.25) is 5.91 Å². The number of carbonyl (C=O) groups excluding carboxylic acids is 4. The van der Waals surface area contributed by atoms with Gasteiger partial charge < -0.3 is 26.4 Å². The van der Waals surface area contributed by atoms with E-state index in [1.54, 1.807) is 20.8 Å². The fraction of sp³-hybridized carbons (Fsp3) is 0.625. The third kappa shape index (κ3) is 8.64. The number of amidine groups is 1. The Morgan fingerprint density at radius 2 is 1.95 bits per heavy atom. The topological polar surface area (TPSA) is 205 Å². The van der Waals surface area contributed by atoms with Crippen molar-refractivity contribution in [3.8, 4) is 0 Å². The first-order valence-corrected chi connectivity index (χ1v) is 12.7. The zero-order valence-corrected chi connectivity index (χ0v) is 22.0. The van der Waals surface area contributed by atoms with Crippen LogP contribution in [0.2, 0.25) is 0 Å². The van der Waals surface area contributed by atoms with Crippen molar-refractivity contribution in [1.82, 2.24) is 36.4 Å². The molecule has 1 saturated heterocycles. The van der Waals surface area contributed by atoms with E-state index in [-0.39, 0.29) is 23.5 Å². The summed E-state index contributed by atoms with van der Waals surface area (Å²) >= 11 is 0. The van der Waals surface area contributed by atoms with Gasteiger partial charge in [-0.25, -0.2) is 14.8 Å². The fourth-order valence-electron chi connectivity index (χ4n) is 4.09. The molecule has 1 aliphatic carbocycles. The lowest BCUT2D eigenvalue weighted by atomic mass is 9.90. The van der Waals surface area contributed by atoms with Crippen molar-refractivity contribution in [2.24, 2.45) is 11.7 Å². The lowest BCUT2D eigenvalue weighted by Crippen LogP contribution is -2.58. The van der Waals surface area contributed by atoms with Gasteiger partial charge in [-0.1, -0.05) is 0 Å². The molecule has 3 unspecified atom stereocenters. The van der Waals surface area contributed by atoms with Gasteiger partial charge in [0.1, 0.15) is 23.2 Å². The number of nitrogens with one attached hydrogen (secondary N) is 5. The Morgan fingerprint density at radius 3 is 2.50 bits per heavy atom. The predicted octanol–water partition coefficient (Wildman–Crippen LogP) is -0.184. The van der Waals surface area contributed by atoms with Gasteiger partial charge in [-0.2, -0.15) is 0 Å². The molecule has 4 amide bonds. The van der Waals surface area contributed by atoms with Gasteiger partial charge in [0.15, 0.2) is 0 Å². The minimum absolute atomic E-state index is 0.00531. The SMILES string of the molecule is CC(C)(C)OC(=O)NC(CC(=O)NC(C(=N)N)C1CCCNC1)C(=O)N(NC(=O)c1cnccn1)C1CC1. The summed E-state index contributed by atoms with van der Waals surface area (Å²) in [4.78, 5) is 59.8. The molecule has 2 fully saturated rings. The Morgan fingerprint density at radius 1 is 1.21 bits per heavy atom. The number of hydrogen-bond acceptors (Lipinski definition) is 9. The zero-order chi connectivity index (χ0) is 27.9. The number of amides is 4. The summed E-state index contributed by atoms with van der Waals surface area (Å²) in [5.74, 6) is -2.19. The maximum atomic E-state index is 13.6. The van der Waals surface area contributed by atoms with Crippen LogP contribution in [-0.4, -0.2) is 81.4 Å². The highest BCUT2D eigenvalue weighted by atomic mass is 16.6. The first kappa shape index (κ1) is 28.8. The molecule has 7 N–H and O–H groups in total. The minimum Gasteiger partial charge on any atom is -0.444 e. The highest BCUT2D eigenvalue weighted by Gasteiger charge is 2.40. The lowest BCUT2D eigenvalue weighted by molar-refractivity contribution is -0.139. The molecule has 3 atom stereocenters. The average molecular weight is 532 g/mol. The summed E-state index contributed by atoms with van der Waals surface area (Å²) in [6, 6.07) is -2.37. The standard InChI is InChI=1S/C24H37N9O5/c1-24(2,3)38-23(37)30-16(11-18(34)31-19(20(25)26)14-5-4-8-27-12-14)22(36)33(15-6-7-15)32-21(35)17-13-28-9-10-29-17/h9-10,13-16,19,27H,4-8,11-12H2,1-3H3,(H3,25,26)(H,30,37)(H,31,34)(H,32,35). The molecule has 14 nitrogen and oxygen atoms in total. The second-order valence-electron chi connectivity index (χ2n) is 10.5. The van der Waals surface area contributed by atoms with Gasteiger partial charge >= 0.3 is 6.09 Å². The number of nitrogens with zero attached hydrogens (tertiary/aromatic N) is 3. The largest absolute Gasteiger partial charge is 0.444 e. The number of nitrogens with two attached hydrogens (primary N) is 1. The smallest absolute Gasteiger partial charge is 0.408 e. The maximum Gasteiger partial charge on any atom is 0.408 e. The molecule has 1 saturated carbocycles. The van der Waals surface area contributed by atoms with Crippen molar-refractivity contribution < 1.29 is 23.9 Å². The van der Waals surface area contributed by atoms with E-state index in [1.807, 2.05) is 0 Å².